The van der Waals surface area contributed by atoms with Crippen LogP contribution in [-0.2, 0) is 4.74 Å². The molecule has 1 atom stereocenters. The van der Waals surface area contributed by atoms with E-state index in [1.54, 1.807) is 0 Å². The minimum absolute atomic E-state index is 0.151. The van der Waals surface area contributed by atoms with E-state index in [9.17, 15) is 0 Å². The summed E-state index contributed by atoms with van der Waals surface area (Å²) in [4.78, 5) is 2.57. The number of hydrogen-bond acceptors (Lipinski definition) is 3. The van der Waals surface area contributed by atoms with Crippen LogP contribution in [0.4, 0.5) is 0 Å². The molecule has 1 aromatic rings. The van der Waals surface area contributed by atoms with E-state index in [0.29, 0.717) is 6.04 Å². The van der Waals surface area contributed by atoms with Crippen LogP contribution in [0.1, 0.15) is 30.9 Å². The summed E-state index contributed by atoms with van der Waals surface area (Å²) < 4.78 is 5.76. The van der Waals surface area contributed by atoms with Crippen molar-refractivity contribution in [2.75, 3.05) is 33.3 Å². The minimum atomic E-state index is 0.151. The molecule has 3 heteroatoms. The van der Waals surface area contributed by atoms with Crippen LogP contribution in [0, 0.1) is 0 Å². The van der Waals surface area contributed by atoms with Crippen LogP contribution >= 0.6 is 0 Å². The average molecular weight is 260 g/mol. The Bertz CT molecular complexity index is 397. The Balaban J connectivity index is 1.62. The first-order valence-electron chi connectivity index (χ1n) is 7.37. The predicted molar refractivity (Wildman–Crippen MR) is 77.2 cm³/mol. The van der Waals surface area contributed by atoms with E-state index in [1.807, 2.05) is 7.11 Å². The van der Waals surface area contributed by atoms with Gasteiger partial charge in [0, 0.05) is 39.3 Å². The molecule has 1 aliphatic carbocycles. The van der Waals surface area contributed by atoms with E-state index < -0.39 is 0 Å². The first-order chi connectivity index (χ1) is 9.31. The van der Waals surface area contributed by atoms with Gasteiger partial charge in [0.25, 0.3) is 0 Å². The summed E-state index contributed by atoms with van der Waals surface area (Å²) in [5, 5.41) is 3.62. The van der Waals surface area contributed by atoms with Gasteiger partial charge in [0.05, 0.1) is 5.60 Å². The summed E-state index contributed by atoms with van der Waals surface area (Å²) in [5.74, 6) is 0. The van der Waals surface area contributed by atoms with Crippen LogP contribution in [0.25, 0.3) is 0 Å². The third kappa shape index (κ3) is 2.83. The summed E-state index contributed by atoms with van der Waals surface area (Å²) in [5.41, 5.74) is 1.55. The highest BCUT2D eigenvalue weighted by Crippen LogP contribution is 2.36. The van der Waals surface area contributed by atoms with Crippen LogP contribution in [0.2, 0.25) is 0 Å². The van der Waals surface area contributed by atoms with Crippen molar-refractivity contribution in [1.29, 1.82) is 0 Å². The van der Waals surface area contributed by atoms with Gasteiger partial charge in [-0.2, -0.15) is 0 Å². The Morgan fingerprint density at radius 3 is 2.74 bits per heavy atom. The predicted octanol–water partition coefficient (Wildman–Crippen LogP) is 2.20. The van der Waals surface area contributed by atoms with Gasteiger partial charge in [0.2, 0.25) is 0 Å². The molecule has 1 saturated carbocycles. The Morgan fingerprint density at radius 1 is 1.32 bits per heavy atom. The van der Waals surface area contributed by atoms with Crippen molar-refractivity contribution < 1.29 is 4.74 Å². The quantitative estimate of drug-likeness (QED) is 0.898. The van der Waals surface area contributed by atoms with E-state index >= 15 is 0 Å². The molecule has 1 unspecified atom stereocenters. The molecule has 0 aromatic heterocycles. The molecule has 0 bridgehead atoms. The number of hydrogen-bond donors (Lipinski definition) is 1. The maximum Gasteiger partial charge on any atom is 0.0805 e. The van der Waals surface area contributed by atoms with Gasteiger partial charge in [-0.1, -0.05) is 30.3 Å². The van der Waals surface area contributed by atoms with Gasteiger partial charge in [-0.05, 0) is 24.8 Å². The Morgan fingerprint density at radius 2 is 2.11 bits per heavy atom. The lowest BCUT2D eigenvalue weighted by Crippen LogP contribution is -2.54. The molecule has 104 valence electrons. The van der Waals surface area contributed by atoms with E-state index in [4.69, 9.17) is 4.74 Å². The minimum Gasteiger partial charge on any atom is -0.377 e. The van der Waals surface area contributed by atoms with Crippen LogP contribution in [0.15, 0.2) is 30.3 Å². The Kier molecular flexibility index (Phi) is 3.87. The van der Waals surface area contributed by atoms with Gasteiger partial charge >= 0.3 is 0 Å². The maximum atomic E-state index is 5.76. The monoisotopic (exact) mass is 260 g/mol. The van der Waals surface area contributed by atoms with Gasteiger partial charge in [0.1, 0.15) is 0 Å². The summed E-state index contributed by atoms with van der Waals surface area (Å²) in [6.45, 7) is 4.39. The zero-order valence-corrected chi connectivity index (χ0v) is 11.8. The molecule has 0 radical (unpaired) electrons. The highest BCUT2D eigenvalue weighted by molar-refractivity contribution is 5.19. The second-order valence-electron chi connectivity index (χ2n) is 5.89. The molecular weight excluding hydrogens is 236 g/mol. The van der Waals surface area contributed by atoms with Crippen molar-refractivity contribution in [1.82, 2.24) is 10.2 Å². The zero-order chi connectivity index (χ0) is 13.1. The van der Waals surface area contributed by atoms with Crippen molar-refractivity contribution in [3.05, 3.63) is 35.9 Å². The standard InChI is InChI=1S/C16H24N2O/c1-19-16(8-5-9-16)13-18-11-10-17-15(12-18)14-6-3-2-4-7-14/h2-4,6-7,15,17H,5,8-13H2,1H3. The Hall–Kier alpha value is -0.900. The smallest absolute Gasteiger partial charge is 0.0805 e. The molecule has 1 N–H and O–H groups in total. The normalized spacial score (nSPS) is 26.9. The largest absolute Gasteiger partial charge is 0.377 e. The van der Waals surface area contributed by atoms with Gasteiger partial charge in [0.15, 0.2) is 0 Å². The fraction of sp³-hybridized carbons (Fsp3) is 0.625. The molecule has 1 aliphatic heterocycles. The number of nitrogens with one attached hydrogen (secondary N) is 1. The van der Waals surface area contributed by atoms with E-state index in [1.165, 1.54) is 24.8 Å². The van der Waals surface area contributed by atoms with Crippen molar-refractivity contribution in [2.24, 2.45) is 0 Å². The number of nitrogens with zero attached hydrogens (tertiary/aromatic N) is 1. The molecule has 1 heterocycles. The fourth-order valence-electron chi connectivity index (χ4n) is 3.27. The third-order valence-corrected chi connectivity index (χ3v) is 4.67. The highest BCUT2D eigenvalue weighted by Gasteiger charge is 2.39. The molecule has 19 heavy (non-hydrogen) atoms. The van der Waals surface area contributed by atoms with Gasteiger partial charge in [-0.3, -0.25) is 4.90 Å². The highest BCUT2D eigenvalue weighted by atomic mass is 16.5. The number of benzene rings is 1. The van der Waals surface area contributed by atoms with Crippen LogP contribution in [0.3, 0.4) is 0 Å². The second kappa shape index (κ2) is 5.61. The van der Waals surface area contributed by atoms with E-state index in [-0.39, 0.29) is 5.60 Å². The van der Waals surface area contributed by atoms with Crippen molar-refractivity contribution in [2.45, 2.75) is 30.9 Å². The topological polar surface area (TPSA) is 24.5 Å². The summed E-state index contributed by atoms with van der Waals surface area (Å²) in [6.07, 6.45) is 3.77. The molecule has 3 rings (SSSR count). The SMILES string of the molecule is COC1(CN2CCNC(c3ccccc3)C2)CCC1. The van der Waals surface area contributed by atoms with Crippen LogP contribution in [0.5, 0.6) is 0 Å². The number of methoxy groups -OCH3 is 1. The lowest BCUT2D eigenvalue weighted by molar-refractivity contribution is -0.0943. The molecular formula is C16H24N2O. The van der Waals surface area contributed by atoms with Crippen molar-refractivity contribution in [3.8, 4) is 0 Å². The summed E-state index contributed by atoms with van der Waals surface area (Å²) in [7, 11) is 1.87. The number of ether oxygens (including phenoxy) is 1. The molecule has 1 saturated heterocycles. The summed E-state index contributed by atoms with van der Waals surface area (Å²) >= 11 is 0. The second-order valence-corrected chi connectivity index (χ2v) is 5.89. The first kappa shape index (κ1) is 13.1. The first-order valence-corrected chi connectivity index (χ1v) is 7.37. The lowest BCUT2D eigenvalue weighted by Gasteiger charge is -2.46. The Labute approximate surface area is 115 Å². The number of rotatable bonds is 4. The zero-order valence-electron chi connectivity index (χ0n) is 11.8. The van der Waals surface area contributed by atoms with Crippen molar-refractivity contribution >= 4 is 0 Å². The molecule has 0 amide bonds. The van der Waals surface area contributed by atoms with E-state index in [0.717, 1.165) is 26.2 Å². The van der Waals surface area contributed by atoms with Gasteiger partial charge in [-0.15, -0.1) is 0 Å². The molecule has 0 spiro atoms. The third-order valence-electron chi connectivity index (χ3n) is 4.67. The number of piperazine rings is 1. The van der Waals surface area contributed by atoms with Crippen molar-refractivity contribution in [3.63, 3.8) is 0 Å². The van der Waals surface area contributed by atoms with Gasteiger partial charge in [-0.25, -0.2) is 0 Å². The fourth-order valence-corrected chi connectivity index (χ4v) is 3.27. The average Bonchev–Trinajstić information content (AvgIpc) is 2.44. The lowest BCUT2D eigenvalue weighted by atomic mass is 9.79. The molecule has 1 aromatic carbocycles. The molecule has 2 aliphatic rings. The van der Waals surface area contributed by atoms with E-state index in [2.05, 4.69) is 40.5 Å². The maximum absolute atomic E-state index is 5.76. The van der Waals surface area contributed by atoms with Crippen LogP contribution in [-0.4, -0.2) is 43.8 Å². The van der Waals surface area contributed by atoms with Gasteiger partial charge < -0.3 is 10.1 Å². The van der Waals surface area contributed by atoms with Crippen LogP contribution < -0.4 is 5.32 Å². The summed E-state index contributed by atoms with van der Waals surface area (Å²) in [6, 6.07) is 11.2. The molecule has 3 nitrogen and oxygen atoms in total. The molecule has 2 fully saturated rings.